The number of nitrogens with zero attached hydrogens (tertiary/aromatic N) is 2. The summed E-state index contributed by atoms with van der Waals surface area (Å²) in [6, 6.07) is 10.1. The van der Waals surface area contributed by atoms with Crippen LogP contribution in [-0.2, 0) is 11.3 Å². The third kappa shape index (κ3) is 2.15. The Kier molecular flexibility index (Phi) is 2.86. The third-order valence-electron chi connectivity index (χ3n) is 4.31. The quantitative estimate of drug-likeness (QED) is 0.908. The number of hydrogen-bond donors (Lipinski definition) is 1. The lowest BCUT2D eigenvalue weighted by atomic mass is 10.1. The van der Waals surface area contributed by atoms with Crippen molar-refractivity contribution in [2.75, 3.05) is 18.8 Å². The number of rotatable bonds is 2. The highest BCUT2D eigenvalue weighted by Crippen LogP contribution is 2.27. The summed E-state index contributed by atoms with van der Waals surface area (Å²) in [5.74, 6) is 0. The molecule has 2 aliphatic rings. The number of anilines is 1. The fraction of sp³-hybridized carbons (Fsp3) is 0.438. The molecule has 20 heavy (non-hydrogen) atoms. The van der Waals surface area contributed by atoms with Crippen molar-refractivity contribution in [3.8, 4) is 0 Å². The molecule has 2 N–H and O–H groups in total. The highest BCUT2D eigenvalue weighted by atomic mass is 16.5. The van der Waals surface area contributed by atoms with E-state index < -0.39 is 0 Å². The maximum atomic E-state index is 6.15. The van der Waals surface area contributed by atoms with Crippen LogP contribution in [-0.4, -0.2) is 35.2 Å². The van der Waals surface area contributed by atoms with Gasteiger partial charge in [-0.25, -0.2) is 0 Å². The van der Waals surface area contributed by atoms with Gasteiger partial charge in [0, 0.05) is 30.7 Å². The molecule has 104 valence electrons. The molecule has 2 aliphatic heterocycles. The Morgan fingerprint density at radius 3 is 2.75 bits per heavy atom. The maximum absolute atomic E-state index is 6.15. The Morgan fingerprint density at radius 2 is 1.95 bits per heavy atom. The SMILES string of the molecule is Nc1cc(CN2CC3CCC(C2)O3)nc2ccccc12. The van der Waals surface area contributed by atoms with Gasteiger partial charge in [-0.3, -0.25) is 9.88 Å². The number of aromatic nitrogens is 1. The first-order valence-corrected chi connectivity index (χ1v) is 7.30. The monoisotopic (exact) mass is 269 g/mol. The maximum Gasteiger partial charge on any atom is 0.0726 e. The lowest BCUT2D eigenvalue weighted by Gasteiger charge is -2.31. The second-order valence-corrected chi connectivity index (χ2v) is 5.87. The number of para-hydroxylation sites is 1. The average Bonchev–Trinajstić information content (AvgIpc) is 2.78. The lowest BCUT2D eigenvalue weighted by molar-refractivity contribution is -0.0413. The fourth-order valence-corrected chi connectivity index (χ4v) is 3.40. The second kappa shape index (κ2) is 4.72. The minimum absolute atomic E-state index is 0.423. The smallest absolute Gasteiger partial charge is 0.0726 e. The molecule has 2 unspecified atom stereocenters. The molecule has 1 aromatic heterocycles. The van der Waals surface area contributed by atoms with E-state index in [1.165, 1.54) is 12.8 Å². The Labute approximate surface area is 118 Å². The number of benzene rings is 1. The Morgan fingerprint density at radius 1 is 1.20 bits per heavy atom. The molecule has 0 aliphatic carbocycles. The van der Waals surface area contributed by atoms with Crippen molar-refractivity contribution < 1.29 is 4.74 Å². The molecule has 2 fully saturated rings. The van der Waals surface area contributed by atoms with Crippen LogP contribution in [0.25, 0.3) is 10.9 Å². The summed E-state index contributed by atoms with van der Waals surface area (Å²) in [5.41, 5.74) is 9.01. The van der Waals surface area contributed by atoms with Gasteiger partial charge in [-0.05, 0) is 25.0 Å². The fourth-order valence-electron chi connectivity index (χ4n) is 3.40. The summed E-state index contributed by atoms with van der Waals surface area (Å²) >= 11 is 0. The molecule has 4 nitrogen and oxygen atoms in total. The summed E-state index contributed by atoms with van der Waals surface area (Å²) < 4.78 is 5.87. The highest BCUT2D eigenvalue weighted by Gasteiger charge is 2.33. The number of likely N-dealkylation sites (tertiary alicyclic amines) is 1. The first-order valence-electron chi connectivity index (χ1n) is 7.30. The van der Waals surface area contributed by atoms with Gasteiger partial charge in [0.05, 0.1) is 23.4 Å². The molecular weight excluding hydrogens is 250 g/mol. The zero-order valence-corrected chi connectivity index (χ0v) is 11.5. The number of fused-ring (bicyclic) bond motifs is 3. The van der Waals surface area contributed by atoms with Gasteiger partial charge in [-0.15, -0.1) is 0 Å². The van der Waals surface area contributed by atoms with Crippen molar-refractivity contribution in [2.45, 2.75) is 31.6 Å². The van der Waals surface area contributed by atoms with Gasteiger partial charge in [0.15, 0.2) is 0 Å². The molecule has 1 aromatic carbocycles. The number of hydrogen-bond acceptors (Lipinski definition) is 4. The molecule has 0 spiro atoms. The van der Waals surface area contributed by atoms with E-state index >= 15 is 0 Å². The van der Waals surface area contributed by atoms with Gasteiger partial charge in [-0.2, -0.15) is 0 Å². The normalized spacial score (nSPS) is 26.2. The van der Waals surface area contributed by atoms with Gasteiger partial charge in [0.1, 0.15) is 0 Å². The van der Waals surface area contributed by atoms with E-state index in [0.29, 0.717) is 12.2 Å². The van der Waals surface area contributed by atoms with Gasteiger partial charge in [0.25, 0.3) is 0 Å². The van der Waals surface area contributed by atoms with E-state index in [4.69, 9.17) is 15.5 Å². The number of nitrogen functional groups attached to an aromatic ring is 1. The van der Waals surface area contributed by atoms with Gasteiger partial charge in [-0.1, -0.05) is 18.2 Å². The second-order valence-electron chi connectivity index (χ2n) is 5.87. The minimum Gasteiger partial charge on any atom is -0.398 e. The Balaban J connectivity index is 1.59. The summed E-state index contributed by atoms with van der Waals surface area (Å²) in [4.78, 5) is 7.18. The van der Waals surface area contributed by atoms with E-state index in [1.807, 2.05) is 30.3 Å². The molecule has 2 atom stereocenters. The first-order chi connectivity index (χ1) is 9.78. The van der Waals surface area contributed by atoms with Crippen LogP contribution >= 0.6 is 0 Å². The van der Waals surface area contributed by atoms with Crippen LogP contribution in [0.3, 0.4) is 0 Å². The molecule has 4 rings (SSSR count). The zero-order chi connectivity index (χ0) is 13.5. The van der Waals surface area contributed by atoms with Crippen molar-refractivity contribution in [2.24, 2.45) is 0 Å². The number of pyridine rings is 1. The van der Waals surface area contributed by atoms with E-state index in [0.717, 1.165) is 41.9 Å². The van der Waals surface area contributed by atoms with Crippen molar-refractivity contribution in [3.63, 3.8) is 0 Å². The highest BCUT2D eigenvalue weighted by molar-refractivity contribution is 5.90. The molecular formula is C16H19N3O. The largest absolute Gasteiger partial charge is 0.398 e. The average molecular weight is 269 g/mol. The number of ether oxygens (including phenoxy) is 1. The Hall–Kier alpha value is -1.65. The predicted octanol–water partition coefficient (Wildman–Crippen LogP) is 2.18. The molecule has 2 bridgehead atoms. The first kappa shape index (κ1) is 12.1. The number of morpholine rings is 1. The Bertz CT molecular complexity index is 631. The molecule has 2 saturated heterocycles. The van der Waals surface area contributed by atoms with Crippen molar-refractivity contribution >= 4 is 16.6 Å². The van der Waals surface area contributed by atoms with Crippen LogP contribution in [0, 0.1) is 0 Å². The minimum atomic E-state index is 0.423. The molecule has 4 heteroatoms. The van der Waals surface area contributed by atoms with E-state index in [1.54, 1.807) is 0 Å². The number of nitrogens with two attached hydrogens (primary N) is 1. The van der Waals surface area contributed by atoms with Gasteiger partial charge < -0.3 is 10.5 Å². The van der Waals surface area contributed by atoms with Crippen molar-refractivity contribution in [1.29, 1.82) is 0 Å². The lowest BCUT2D eigenvalue weighted by Crippen LogP contribution is -2.42. The summed E-state index contributed by atoms with van der Waals surface area (Å²) in [6.45, 7) is 2.90. The molecule has 2 aromatic rings. The summed E-state index contributed by atoms with van der Waals surface area (Å²) in [7, 11) is 0. The van der Waals surface area contributed by atoms with Crippen LogP contribution in [0.5, 0.6) is 0 Å². The van der Waals surface area contributed by atoms with Crippen molar-refractivity contribution in [1.82, 2.24) is 9.88 Å². The molecule has 0 radical (unpaired) electrons. The van der Waals surface area contributed by atoms with Gasteiger partial charge in [0.2, 0.25) is 0 Å². The van der Waals surface area contributed by atoms with Crippen LogP contribution in [0.1, 0.15) is 18.5 Å². The predicted molar refractivity (Wildman–Crippen MR) is 79.3 cm³/mol. The molecule has 3 heterocycles. The summed E-state index contributed by atoms with van der Waals surface area (Å²) in [6.07, 6.45) is 3.25. The third-order valence-corrected chi connectivity index (χ3v) is 4.31. The molecule has 0 amide bonds. The van der Waals surface area contributed by atoms with Gasteiger partial charge >= 0.3 is 0 Å². The van der Waals surface area contributed by atoms with Crippen LogP contribution in [0.2, 0.25) is 0 Å². The van der Waals surface area contributed by atoms with E-state index in [9.17, 15) is 0 Å². The van der Waals surface area contributed by atoms with Crippen molar-refractivity contribution in [3.05, 3.63) is 36.0 Å². The topological polar surface area (TPSA) is 51.4 Å². The summed E-state index contributed by atoms with van der Waals surface area (Å²) in [5, 5.41) is 1.04. The van der Waals surface area contributed by atoms with E-state index in [-0.39, 0.29) is 0 Å². The zero-order valence-electron chi connectivity index (χ0n) is 11.5. The van der Waals surface area contributed by atoms with Crippen LogP contribution in [0.4, 0.5) is 5.69 Å². The van der Waals surface area contributed by atoms with Crippen LogP contribution < -0.4 is 5.73 Å². The molecule has 0 saturated carbocycles. The van der Waals surface area contributed by atoms with E-state index in [2.05, 4.69) is 4.90 Å². The van der Waals surface area contributed by atoms with Crippen LogP contribution in [0.15, 0.2) is 30.3 Å². The standard InChI is InChI=1S/C16H19N3O/c17-15-7-11(18-16-4-2-1-3-14(15)16)8-19-9-12-5-6-13(10-19)20-12/h1-4,7,12-13H,5-6,8-10H2,(H2,17,18).